The minimum absolute atomic E-state index is 0.0455. The van der Waals surface area contributed by atoms with Crippen molar-refractivity contribution >= 4 is 17.3 Å². The van der Waals surface area contributed by atoms with Crippen LogP contribution in [0, 0.1) is 10.1 Å². The summed E-state index contributed by atoms with van der Waals surface area (Å²) in [5.74, 6) is 0.0894. The summed E-state index contributed by atoms with van der Waals surface area (Å²) >= 11 is 0. The monoisotopic (exact) mass is 282 g/mol. The highest BCUT2D eigenvalue weighted by Gasteiger charge is 2.15. The van der Waals surface area contributed by atoms with Gasteiger partial charge in [-0.25, -0.2) is 0 Å². The molecule has 0 bridgehead atoms. The normalized spacial score (nSPS) is 9.95. The number of nitrogens with zero attached hydrogens (tertiary/aromatic N) is 2. The fourth-order valence-corrected chi connectivity index (χ4v) is 1.77. The summed E-state index contributed by atoms with van der Waals surface area (Å²) in [6, 6.07) is 4.52. The number of carbonyl (C=O) groups is 1. The highest BCUT2D eigenvalue weighted by Crippen LogP contribution is 2.28. The van der Waals surface area contributed by atoms with Crippen LogP contribution >= 0.6 is 0 Å². The molecular weight excluding hydrogens is 264 g/mol. The van der Waals surface area contributed by atoms with Gasteiger partial charge >= 0.3 is 5.97 Å². The van der Waals surface area contributed by atoms with E-state index in [0.29, 0.717) is 24.5 Å². The van der Waals surface area contributed by atoms with E-state index in [-0.39, 0.29) is 18.1 Å². The van der Waals surface area contributed by atoms with Gasteiger partial charge in [0.25, 0.3) is 5.69 Å². The second kappa shape index (κ2) is 7.32. The predicted molar refractivity (Wildman–Crippen MR) is 74.2 cm³/mol. The van der Waals surface area contributed by atoms with Crippen molar-refractivity contribution in [3.8, 4) is 5.75 Å². The largest absolute Gasteiger partial charge is 0.496 e. The van der Waals surface area contributed by atoms with Gasteiger partial charge in [0.2, 0.25) is 0 Å². The summed E-state index contributed by atoms with van der Waals surface area (Å²) < 4.78 is 9.65. The lowest BCUT2D eigenvalue weighted by Gasteiger charge is -2.22. The molecule has 0 unspecified atom stereocenters. The van der Waals surface area contributed by atoms with E-state index in [4.69, 9.17) is 4.74 Å². The van der Waals surface area contributed by atoms with Crippen molar-refractivity contribution in [2.24, 2.45) is 0 Å². The van der Waals surface area contributed by atoms with E-state index in [1.54, 1.807) is 6.07 Å². The highest BCUT2D eigenvalue weighted by molar-refractivity contribution is 5.70. The second-order valence-corrected chi connectivity index (χ2v) is 4.05. The maximum absolute atomic E-state index is 11.2. The van der Waals surface area contributed by atoms with Crippen LogP contribution in [0.4, 0.5) is 11.4 Å². The van der Waals surface area contributed by atoms with Crippen molar-refractivity contribution in [2.75, 3.05) is 32.2 Å². The highest BCUT2D eigenvalue weighted by atomic mass is 16.6. The maximum atomic E-state index is 11.2. The first-order chi connectivity index (χ1) is 9.51. The first-order valence-electron chi connectivity index (χ1n) is 6.17. The molecule has 0 saturated carbocycles. The number of nitro groups is 1. The van der Waals surface area contributed by atoms with Gasteiger partial charge in [0.1, 0.15) is 5.75 Å². The van der Waals surface area contributed by atoms with Crippen molar-refractivity contribution in [1.82, 2.24) is 0 Å². The van der Waals surface area contributed by atoms with Crippen LogP contribution < -0.4 is 9.64 Å². The Hall–Kier alpha value is -2.31. The number of hydrogen-bond acceptors (Lipinski definition) is 6. The summed E-state index contributed by atoms with van der Waals surface area (Å²) in [4.78, 5) is 23.5. The molecule has 0 aliphatic carbocycles. The number of benzene rings is 1. The Kier molecular flexibility index (Phi) is 5.76. The average molecular weight is 282 g/mol. The summed E-state index contributed by atoms with van der Waals surface area (Å²) in [7, 11) is 2.78. The molecule has 1 rings (SSSR count). The van der Waals surface area contributed by atoms with Crippen molar-refractivity contribution in [3.63, 3.8) is 0 Å². The quantitative estimate of drug-likeness (QED) is 0.432. The van der Waals surface area contributed by atoms with E-state index >= 15 is 0 Å². The van der Waals surface area contributed by atoms with Gasteiger partial charge < -0.3 is 14.4 Å². The zero-order valence-corrected chi connectivity index (χ0v) is 11.8. The Morgan fingerprint density at radius 1 is 1.35 bits per heavy atom. The third kappa shape index (κ3) is 4.11. The van der Waals surface area contributed by atoms with E-state index in [1.165, 1.54) is 26.4 Å². The third-order valence-corrected chi connectivity index (χ3v) is 2.88. The van der Waals surface area contributed by atoms with E-state index in [0.717, 1.165) is 0 Å². The Balaban J connectivity index is 2.98. The van der Waals surface area contributed by atoms with Gasteiger partial charge in [-0.15, -0.1) is 0 Å². The minimum Gasteiger partial charge on any atom is -0.496 e. The van der Waals surface area contributed by atoms with Gasteiger partial charge in [0, 0.05) is 30.9 Å². The first-order valence-corrected chi connectivity index (χ1v) is 6.17. The lowest BCUT2D eigenvalue weighted by atomic mass is 10.2. The fourth-order valence-electron chi connectivity index (χ4n) is 1.77. The molecule has 0 radical (unpaired) electrons. The van der Waals surface area contributed by atoms with Crippen LogP contribution in [0.1, 0.15) is 13.3 Å². The molecule has 7 nitrogen and oxygen atoms in total. The molecule has 1 aromatic carbocycles. The molecule has 0 aliphatic rings. The average Bonchev–Trinajstić information content (AvgIpc) is 2.47. The molecule has 0 saturated heterocycles. The maximum Gasteiger partial charge on any atom is 0.307 e. The molecule has 0 atom stereocenters. The Morgan fingerprint density at radius 2 is 2.05 bits per heavy atom. The van der Waals surface area contributed by atoms with Crippen molar-refractivity contribution < 1.29 is 19.2 Å². The Bertz CT molecular complexity index is 490. The number of esters is 1. The number of anilines is 1. The van der Waals surface area contributed by atoms with Gasteiger partial charge in [-0.2, -0.15) is 0 Å². The molecule has 0 N–H and O–H groups in total. The lowest BCUT2D eigenvalue weighted by Crippen LogP contribution is -2.26. The molecule has 110 valence electrons. The molecule has 0 fully saturated rings. The van der Waals surface area contributed by atoms with Crippen LogP contribution in [-0.2, 0) is 9.53 Å². The standard InChI is InChI=1S/C13H18N2O5/c1-4-14(6-5-13(16)20-3)10-7-11(15(17)18)9-12(8-10)19-2/h7-9H,4-6H2,1-3H3. The van der Waals surface area contributed by atoms with E-state index in [1.807, 2.05) is 11.8 Å². The molecule has 0 amide bonds. The van der Waals surface area contributed by atoms with E-state index in [2.05, 4.69) is 4.74 Å². The zero-order chi connectivity index (χ0) is 15.1. The van der Waals surface area contributed by atoms with Gasteiger partial charge in [0.15, 0.2) is 0 Å². The number of carbonyl (C=O) groups excluding carboxylic acids is 1. The summed E-state index contributed by atoms with van der Waals surface area (Å²) in [6.07, 6.45) is 0.218. The third-order valence-electron chi connectivity index (χ3n) is 2.88. The molecular formula is C13H18N2O5. The first kappa shape index (κ1) is 15.7. The fraction of sp³-hybridized carbons (Fsp3) is 0.462. The summed E-state index contributed by atoms with van der Waals surface area (Å²) in [5.41, 5.74) is 0.596. The number of hydrogen-bond donors (Lipinski definition) is 0. The number of nitro benzene ring substituents is 1. The van der Waals surface area contributed by atoms with Crippen LogP contribution in [0.25, 0.3) is 0 Å². The van der Waals surface area contributed by atoms with Crippen molar-refractivity contribution in [1.29, 1.82) is 0 Å². The topological polar surface area (TPSA) is 81.9 Å². The zero-order valence-electron chi connectivity index (χ0n) is 11.8. The molecule has 20 heavy (non-hydrogen) atoms. The smallest absolute Gasteiger partial charge is 0.307 e. The van der Waals surface area contributed by atoms with Crippen LogP contribution in [0.2, 0.25) is 0 Å². The minimum atomic E-state index is -0.472. The molecule has 7 heteroatoms. The Labute approximate surface area is 117 Å². The Morgan fingerprint density at radius 3 is 2.55 bits per heavy atom. The molecule has 0 aromatic heterocycles. The SMILES string of the molecule is CCN(CCC(=O)OC)c1cc(OC)cc([N+](=O)[O-])c1. The number of non-ortho nitro benzene ring substituents is 1. The lowest BCUT2D eigenvalue weighted by molar-refractivity contribution is -0.384. The molecule has 1 aromatic rings. The van der Waals surface area contributed by atoms with Gasteiger partial charge in [-0.05, 0) is 6.92 Å². The number of rotatable bonds is 7. The summed E-state index contributed by atoms with van der Waals surface area (Å²) in [6.45, 7) is 2.94. The van der Waals surface area contributed by atoms with Crippen LogP contribution in [-0.4, -0.2) is 38.2 Å². The molecule has 0 spiro atoms. The predicted octanol–water partition coefficient (Wildman–Crippen LogP) is 1.99. The van der Waals surface area contributed by atoms with Crippen LogP contribution in [0.3, 0.4) is 0 Å². The number of ether oxygens (including phenoxy) is 2. The van der Waals surface area contributed by atoms with Crippen LogP contribution in [0.5, 0.6) is 5.75 Å². The number of methoxy groups -OCH3 is 2. The molecule has 0 aliphatic heterocycles. The van der Waals surface area contributed by atoms with Crippen molar-refractivity contribution in [2.45, 2.75) is 13.3 Å². The van der Waals surface area contributed by atoms with E-state index in [9.17, 15) is 14.9 Å². The summed E-state index contributed by atoms with van der Waals surface area (Å²) in [5, 5.41) is 10.9. The van der Waals surface area contributed by atoms with Gasteiger partial charge in [0.05, 0.1) is 31.6 Å². The van der Waals surface area contributed by atoms with Crippen LogP contribution in [0.15, 0.2) is 18.2 Å². The van der Waals surface area contributed by atoms with E-state index < -0.39 is 4.92 Å². The van der Waals surface area contributed by atoms with Gasteiger partial charge in [-0.3, -0.25) is 14.9 Å². The van der Waals surface area contributed by atoms with Gasteiger partial charge in [-0.1, -0.05) is 0 Å². The second-order valence-electron chi connectivity index (χ2n) is 4.05. The molecule has 0 heterocycles. The van der Waals surface area contributed by atoms with Crippen molar-refractivity contribution in [3.05, 3.63) is 28.3 Å².